The van der Waals surface area contributed by atoms with Crippen LogP contribution in [0.1, 0.15) is 99.6 Å². The number of carbonyl (C=O) groups excluding carboxylic acids is 5. The first-order valence-electron chi connectivity index (χ1n) is 41.1. The molecule has 0 atom stereocenters. The number of fused-ring (bicyclic) bond motifs is 4. The van der Waals surface area contributed by atoms with Gasteiger partial charge in [0.15, 0.2) is 0 Å². The van der Waals surface area contributed by atoms with Crippen molar-refractivity contribution in [2.75, 3.05) is 28.3 Å². The van der Waals surface area contributed by atoms with Crippen LogP contribution in [0.3, 0.4) is 0 Å². The Morgan fingerprint density at radius 2 is 0.603 bits per heavy atom. The summed E-state index contributed by atoms with van der Waals surface area (Å²) in [5.74, 6) is 2.15. The smallest absolute Gasteiger partial charge is 0.221 e. The maximum absolute atomic E-state index is 11.7. The van der Waals surface area contributed by atoms with Crippen molar-refractivity contribution in [3.63, 3.8) is 0 Å². The van der Waals surface area contributed by atoms with Gasteiger partial charge < -0.3 is 5.32 Å². The summed E-state index contributed by atoms with van der Waals surface area (Å²) < 4.78 is 0. The van der Waals surface area contributed by atoms with Crippen molar-refractivity contribution in [1.29, 1.82) is 0 Å². The van der Waals surface area contributed by atoms with Gasteiger partial charge in [0.05, 0.1) is 51.8 Å². The third-order valence-corrected chi connectivity index (χ3v) is 25.5. The molecular formula is C104H85N13O5S4. The molecule has 126 heavy (non-hydrogen) atoms. The van der Waals surface area contributed by atoms with Crippen LogP contribution in [0.5, 0.6) is 0 Å². The van der Waals surface area contributed by atoms with Crippen molar-refractivity contribution in [3.8, 4) is 66.8 Å². The van der Waals surface area contributed by atoms with Crippen LogP contribution in [0, 0.1) is 6.92 Å². The van der Waals surface area contributed by atoms with E-state index < -0.39 is 0 Å². The third-order valence-electron chi connectivity index (χ3n) is 21.0. The van der Waals surface area contributed by atoms with Crippen molar-refractivity contribution in [3.05, 3.63) is 319 Å². The number of pyridine rings is 2. The Morgan fingerprint density at radius 1 is 0.294 bits per heavy atom. The summed E-state index contributed by atoms with van der Waals surface area (Å²) in [6.07, 6.45) is 13.6. The molecule has 14 aromatic rings. The second-order valence-corrected chi connectivity index (χ2v) is 35.2. The fourth-order valence-electron chi connectivity index (χ4n) is 14.8. The Kier molecular flexibility index (Phi) is 27.4. The van der Waals surface area contributed by atoms with Gasteiger partial charge >= 0.3 is 0 Å². The molecule has 0 aliphatic carbocycles. The van der Waals surface area contributed by atoms with Gasteiger partial charge in [0.25, 0.3) is 0 Å². The number of aromatic nitrogens is 2. The number of carbonyl (C=O) groups is 5. The number of hydrogen-bond donors (Lipinski definition) is 1. The Balaban J connectivity index is 0.000000124. The number of thioether (sulfide) groups is 4. The number of Topliss-reactive ketones (excluding diaryl/α,β-unsaturated/α-hetero) is 4. The molecule has 5 aliphatic rings. The van der Waals surface area contributed by atoms with Crippen LogP contribution in [0.4, 0.5) is 5.69 Å². The van der Waals surface area contributed by atoms with Gasteiger partial charge in [0.1, 0.15) is 43.3 Å². The maximum Gasteiger partial charge on any atom is 0.221 e. The number of rotatable bonds is 20. The molecular weight excluding hydrogens is 1640 g/mol. The van der Waals surface area contributed by atoms with E-state index in [1.54, 1.807) is 33.9 Å². The molecule has 1 N–H and O–H groups in total. The predicted octanol–water partition coefficient (Wildman–Crippen LogP) is 23.9. The summed E-state index contributed by atoms with van der Waals surface area (Å²) in [4.78, 5) is 65.6. The zero-order valence-electron chi connectivity index (χ0n) is 70.1. The van der Waals surface area contributed by atoms with Crippen LogP contribution in [0.2, 0.25) is 0 Å². The first-order valence-corrected chi connectivity index (χ1v) is 45.1. The minimum atomic E-state index is -0.126. The fourth-order valence-corrected chi connectivity index (χ4v) is 17.7. The summed E-state index contributed by atoms with van der Waals surface area (Å²) in [7, 11) is 0. The van der Waals surface area contributed by atoms with Gasteiger partial charge in [-0.2, -0.15) is 30.6 Å². The monoisotopic (exact) mass is 1720 g/mol. The average molecular weight is 1730 g/mol. The molecule has 7 heterocycles. The van der Waals surface area contributed by atoms with Crippen LogP contribution in [0.15, 0.2) is 337 Å². The highest BCUT2D eigenvalue weighted by Gasteiger charge is 2.25. The normalized spacial score (nSPS) is 13.7. The summed E-state index contributed by atoms with van der Waals surface area (Å²) in [5, 5.41) is 58.9. The number of amides is 1. The number of nitrogens with zero attached hydrogens (tertiary/aromatic N) is 12. The molecule has 0 radical (unpaired) electrons. The molecule has 1 amide bonds. The topological polar surface area (TPSA) is 247 Å². The van der Waals surface area contributed by atoms with Crippen LogP contribution < -0.4 is 5.32 Å². The second-order valence-electron chi connectivity index (χ2n) is 31.0. The van der Waals surface area contributed by atoms with Crippen LogP contribution in [-0.2, 0) is 24.0 Å². The summed E-state index contributed by atoms with van der Waals surface area (Å²) in [6.45, 7) is 9.90. The van der Waals surface area contributed by atoms with E-state index in [1.807, 2.05) is 61.4 Å². The highest BCUT2D eigenvalue weighted by molar-refractivity contribution is 8.15. The van der Waals surface area contributed by atoms with Gasteiger partial charge in [0, 0.05) is 92.2 Å². The number of benzene rings is 12. The summed E-state index contributed by atoms with van der Waals surface area (Å²) in [5.41, 5.74) is 23.8. The SMILES string of the molecule is CC(=O)CSC1=NN=C(c2cc(-c3ccc4ccccc4c3)cc(C3C=NN=C3)c2)C1.CC(=O)CSC1=NN=C(c2cc(-c3cccnc3)cc(-c3ccc4ccccc4c3)c2)C1.CC(=O)CSC1=NN=C(c2cc(-c3cncc(C)c3)cc(-c3ccc4ccccc4c3)c2)C1.CC(=O)CSC1=NN=C(c2cc(NC(C)=O)cc(-c3ccc4ccccc4c3)c2)C1. The van der Waals surface area contributed by atoms with Gasteiger partial charge in [-0.25, -0.2) is 0 Å². The largest absolute Gasteiger partial charge is 0.326 e. The molecule has 22 heteroatoms. The Bertz CT molecular complexity index is 6980. The number of hydrogen-bond acceptors (Lipinski definition) is 21. The van der Waals surface area contributed by atoms with Crippen molar-refractivity contribution in [2.24, 2.45) is 51.0 Å². The molecule has 18 nitrogen and oxygen atoms in total. The quantitative estimate of drug-likeness (QED) is 0.0751. The van der Waals surface area contributed by atoms with E-state index in [0.717, 1.165) is 154 Å². The molecule has 19 rings (SSSR count). The minimum Gasteiger partial charge on any atom is -0.326 e. The van der Waals surface area contributed by atoms with Crippen LogP contribution in [0.25, 0.3) is 110 Å². The fraction of sp³-hybridized carbons (Fsp3) is 0.144. The number of aryl methyl sites for hydroxylation is 1. The van der Waals surface area contributed by atoms with E-state index in [4.69, 9.17) is 0 Å². The van der Waals surface area contributed by atoms with E-state index in [-0.39, 0.29) is 35.0 Å². The Labute approximate surface area is 747 Å². The lowest BCUT2D eigenvalue weighted by Gasteiger charge is -2.12. The summed E-state index contributed by atoms with van der Waals surface area (Å²) in [6, 6.07) is 91.1. The Morgan fingerprint density at radius 3 is 0.960 bits per heavy atom. The van der Waals surface area contributed by atoms with Crippen molar-refractivity contribution >= 4 is 180 Å². The van der Waals surface area contributed by atoms with Crippen molar-refractivity contribution < 1.29 is 24.0 Å². The summed E-state index contributed by atoms with van der Waals surface area (Å²) >= 11 is 5.83. The number of ketones is 4. The van der Waals surface area contributed by atoms with E-state index in [1.165, 1.54) is 91.7 Å². The van der Waals surface area contributed by atoms with E-state index >= 15 is 0 Å². The zero-order chi connectivity index (χ0) is 87.0. The molecule has 12 aromatic carbocycles. The van der Waals surface area contributed by atoms with E-state index in [0.29, 0.717) is 48.7 Å². The highest BCUT2D eigenvalue weighted by atomic mass is 32.2. The van der Waals surface area contributed by atoms with Gasteiger partial charge in [-0.15, -0.1) is 67.5 Å². The van der Waals surface area contributed by atoms with Crippen molar-refractivity contribution in [1.82, 2.24) is 9.97 Å². The van der Waals surface area contributed by atoms with E-state index in [2.05, 4.69) is 304 Å². The van der Waals surface area contributed by atoms with Gasteiger partial charge in [-0.05, 0) is 264 Å². The van der Waals surface area contributed by atoms with Gasteiger partial charge in [0.2, 0.25) is 5.91 Å². The first kappa shape index (κ1) is 85.8. The predicted molar refractivity (Wildman–Crippen MR) is 530 cm³/mol. The molecule has 0 fully saturated rings. The molecule has 0 saturated heterocycles. The standard InChI is InChI=1S/C28H23N3OS.C27H21N3OS.C25H20N4OS.C24H21N3O2S/c1-18-9-26(16-29-15-18)24-11-23(22-8-7-20-5-3-4-6-21(20)10-22)12-25(13-24)27-14-28(31-30-27)33-17-19(2)32;1-18(31)17-32-27-15-26(29-30-27)25-13-23(12-24(14-25)22-7-4-10-28-16-22)21-9-8-19-5-2-3-6-20(19)11-21;1-16(30)15-31-25-12-24(28-29-25)22-10-20(9-21(11-22)23-13-26-27-14-23)19-7-6-17-4-2-3-5-18(17)8-19;1-15(28)14-30-24-13-23(26-27-24)21-10-20(11-22(12-21)25-16(2)29)19-8-7-17-5-3-4-6-18(17)9-19/h3-13,15-16H,14,17H2,1-2H3;2-14,16H,15,17H2,1H3;2-11,13-14,23H,12,15H2,1H3;3-12H,13-14H2,1-2H3,(H,25,29). The maximum atomic E-state index is 11.7. The molecule has 0 spiro atoms. The van der Waals surface area contributed by atoms with Gasteiger partial charge in [-0.3, -0.25) is 33.9 Å². The third kappa shape index (κ3) is 22.2. The molecule has 620 valence electrons. The lowest BCUT2D eigenvalue weighted by atomic mass is 9.91. The second kappa shape index (κ2) is 40.3. The molecule has 0 bridgehead atoms. The number of anilines is 1. The lowest BCUT2D eigenvalue weighted by molar-refractivity contribution is -0.115. The van der Waals surface area contributed by atoms with Crippen LogP contribution >= 0.6 is 47.0 Å². The Hall–Kier alpha value is -13.8. The molecule has 0 saturated carbocycles. The first-order chi connectivity index (χ1) is 61.3. The van der Waals surface area contributed by atoms with E-state index in [9.17, 15) is 24.0 Å². The molecule has 5 aliphatic heterocycles. The van der Waals surface area contributed by atoms with Crippen molar-refractivity contribution in [2.45, 2.75) is 73.1 Å². The lowest BCUT2D eigenvalue weighted by Crippen LogP contribution is -2.08. The highest BCUT2D eigenvalue weighted by Crippen LogP contribution is 2.38. The molecule has 2 aromatic heterocycles. The average Bonchev–Trinajstić information content (AvgIpc) is 1.43. The molecule has 0 unspecified atom stereocenters. The minimum absolute atomic E-state index is 0.0497. The number of nitrogens with one attached hydrogen (secondary N) is 1. The zero-order valence-corrected chi connectivity index (χ0v) is 73.3. The van der Waals surface area contributed by atoms with Gasteiger partial charge in [-0.1, -0.05) is 158 Å². The van der Waals surface area contributed by atoms with Crippen LogP contribution in [-0.4, -0.2) is 117 Å².